The van der Waals surface area contributed by atoms with Crippen molar-refractivity contribution < 1.29 is 23.8 Å². The van der Waals surface area contributed by atoms with Gasteiger partial charge in [0.15, 0.2) is 6.10 Å². The van der Waals surface area contributed by atoms with Crippen LogP contribution in [-0.2, 0) is 23.8 Å². The van der Waals surface area contributed by atoms with Gasteiger partial charge < -0.3 is 14.2 Å². The van der Waals surface area contributed by atoms with Crippen LogP contribution >= 0.6 is 0 Å². The molecule has 0 N–H and O–H groups in total. The summed E-state index contributed by atoms with van der Waals surface area (Å²) in [6.45, 7) is 7.64. The van der Waals surface area contributed by atoms with Crippen molar-refractivity contribution in [3.05, 3.63) is 72.9 Å². The van der Waals surface area contributed by atoms with E-state index in [9.17, 15) is 9.59 Å². The third-order valence-electron chi connectivity index (χ3n) is 10.7. The molecule has 0 aliphatic carbocycles. The predicted molar refractivity (Wildman–Crippen MR) is 260 cm³/mol. The fraction of sp³-hybridized carbons (Fsp3) is 0.745. The Bertz CT molecular complexity index is 1080. The Morgan fingerprint density at radius 1 is 0.383 bits per heavy atom. The van der Waals surface area contributed by atoms with Gasteiger partial charge in [-0.2, -0.15) is 0 Å². The summed E-state index contributed by atoms with van der Waals surface area (Å²) in [5.74, 6) is -0.465. The van der Waals surface area contributed by atoms with Crippen molar-refractivity contribution in [2.24, 2.45) is 0 Å². The van der Waals surface area contributed by atoms with Crippen LogP contribution in [-0.4, -0.2) is 37.9 Å². The summed E-state index contributed by atoms with van der Waals surface area (Å²) in [6.07, 6.45) is 64.9. The lowest BCUT2D eigenvalue weighted by Crippen LogP contribution is -2.30. The number of ether oxygens (including phenoxy) is 3. The van der Waals surface area contributed by atoms with Gasteiger partial charge in [-0.15, -0.1) is 0 Å². The van der Waals surface area contributed by atoms with Gasteiger partial charge in [-0.25, -0.2) is 0 Å². The summed E-state index contributed by atoms with van der Waals surface area (Å²) in [5, 5.41) is 0. The number of carbonyl (C=O) groups is 2. The van der Waals surface area contributed by atoms with Crippen LogP contribution in [0.1, 0.15) is 239 Å². The smallest absolute Gasteiger partial charge is 0.306 e. The highest BCUT2D eigenvalue weighted by molar-refractivity contribution is 5.70. The highest BCUT2D eigenvalue weighted by Gasteiger charge is 2.17. The number of rotatable bonds is 46. The minimum Gasteiger partial charge on any atom is -0.462 e. The zero-order valence-corrected chi connectivity index (χ0v) is 39.7. The molecule has 5 heteroatoms. The van der Waals surface area contributed by atoms with E-state index in [4.69, 9.17) is 14.2 Å². The van der Waals surface area contributed by atoms with E-state index in [1.54, 1.807) is 0 Å². The molecule has 1 atom stereocenters. The van der Waals surface area contributed by atoms with Gasteiger partial charge in [0.1, 0.15) is 6.61 Å². The van der Waals surface area contributed by atoms with Crippen molar-refractivity contribution in [3.63, 3.8) is 0 Å². The summed E-state index contributed by atoms with van der Waals surface area (Å²) < 4.78 is 17.3. The minimum atomic E-state index is -0.565. The first kappa shape index (κ1) is 57.3. The summed E-state index contributed by atoms with van der Waals surface area (Å²) in [4.78, 5) is 25.3. The SMILES string of the molecule is CC/C=C\C/C=C\C/C=C\C/C=C\C/C=C\CCCC(=O)OC(COCCCCCCCCCC)COC(=O)CCCCCCCCCCC/C=C\CCCCCCCC. The average Bonchev–Trinajstić information content (AvgIpc) is 3.25. The van der Waals surface area contributed by atoms with Gasteiger partial charge >= 0.3 is 11.9 Å². The predicted octanol–water partition coefficient (Wildman–Crippen LogP) is 17.1. The van der Waals surface area contributed by atoms with Crippen LogP contribution in [0, 0.1) is 0 Å². The highest BCUT2D eigenvalue weighted by Crippen LogP contribution is 2.14. The second-order valence-corrected chi connectivity index (χ2v) is 16.7. The van der Waals surface area contributed by atoms with Gasteiger partial charge in [0.2, 0.25) is 0 Å². The van der Waals surface area contributed by atoms with Gasteiger partial charge in [-0.05, 0) is 83.5 Å². The molecule has 0 spiro atoms. The van der Waals surface area contributed by atoms with E-state index in [2.05, 4.69) is 93.7 Å². The largest absolute Gasteiger partial charge is 0.462 e. The first-order valence-corrected chi connectivity index (χ1v) is 25.5. The molecule has 0 aromatic heterocycles. The van der Waals surface area contributed by atoms with Crippen molar-refractivity contribution in [1.29, 1.82) is 0 Å². The molecule has 346 valence electrons. The monoisotopic (exact) mass is 837 g/mol. The van der Waals surface area contributed by atoms with Gasteiger partial charge in [-0.3, -0.25) is 9.59 Å². The molecule has 0 radical (unpaired) electrons. The summed E-state index contributed by atoms with van der Waals surface area (Å²) >= 11 is 0. The van der Waals surface area contributed by atoms with E-state index >= 15 is 0 Å². The standard InChI is InChI=1S/C55H96O5/c1-4-7-10-13-16-19-21-23-25-27-28-30-31-33-35-37-39-42-45-48-54(56)59-52-53(51-58-50-47-44-41-18-15-12-9-6-3)60-55(57)49-46-43-40-38-36-34-32-29-26-24-22-20-17-14-11-8-5-2/h8,11,17,20,23-26,32,34,38,40,53H,4-7,9-10,12-16,18-19,21-22,27-31,33,35-37,39,41-52H2,1-3H3/b11-8-,20-17-,25-23-,26-24-,34-32-,40-38-. The van der Waals surface area contributed by atoms with Crippen LogP contribution in [0.15, 0.2) is 72.9 Å². The second kappa shape index (κ2) is 50.7. The molecule has 0 aliphatic heterocycles. The van der Waals surface area contributed by atoms with Crippen LogP contribution in [0.5, 0.6) is 0 Å². The van der Waals surface area contributed by atoms with E-state index in [1.807, 2.05) is 0 Å². The lowest BCUT2D eigenvalue weighted by atomic mass is 10.1. The molecule has 0 fully saturated rings. The molecule has 0 aliphatic rings. The summed E-state index contributed by atoms with van der Waals surface area (Å²) in [6, 6.07) is 0. The van der Waals surface area contributed by atoms with Gasteiger partial charge in [-0.1, -0.05) is 216 Å². The molecule has 0 amide bonds. The molecule has 0 saturated heterocycles. The Labute approximate surface area is 372 Å². The highest BCUT2D eigenvalue weighted by atomic mass is 16.6. The lowest BCUT2D eigenvalue weighted by molar-refractivity contribution is -0.162. The maximum absolute atomic E-state index is 12.7. The molecule has 0 aromatic rings. The summed E-state index contributed by atoms with van der Waals surface area (Å²) in [7, 11) is 0. The third-order valence-corrected chi connectivity index (χ3v) is 10.7. The van der Waals surface area contributed by atoms with E-state index in [0.717, 1.165) is 70.6 Å². The molecular weight excluding hydrogens is 741 g/mol. The van der Waals surface area contributed by atoms with E-state index < -0.39 is 6.10 Å². The molecular formula is C55H96O5. The topological polar surface area (TPSA) is 61.8 Å². The molecule has 0 aromatic carbocycles. The Hall–Kier alpha value is -2.66. The Kier molecular flexibility index (Phi) is 48.4. The van der Waals surface area contributed by atoms with Crippen LogP contribution in [0.3, 0.4) is 0 Å². The molecule has 0 rings (SSSR count). The van der Waals surface area contributed by atoms with E-state index in [-0.39, 0.29) is 25.2 Å². The normalized spacial score (nSPS) is 12.8. The van der Waals surface area contributed by atoms with Crippen molar-refractivity contribution in [1.82, 2.24) is 0 Å². The average molecular weight is 837 g/mol. The Morgan fingerprint density at radius 2 is 0.767 bits per heavy atom. The van der Waals surface area contributed by atoms with Crippen molar-refractivity contribution in [2.75, 3.05) is 19.8 Å². The van der Waals surface area contributed by atoms with E-state index in [1.165, 1.54) is 135 Å². The fourth-order valence-electron chi connectivity index (χ4n) is 6.95. The van der Waals surface area contributed by atoms with Crippen molar-refractivity contribution in [2.45, 2.75) is 245 Å². The Morgan fingerprint density at radius 3 is 1.27 bits per heavy atom. The van der Waals surface area contributed by atoms with Crippen LogP contribution in [0.25, 0.3) is 0 Å². The maximum Gasteiger partial charge on any atom is 0.306 e. The first-order valence-electron chi connectivity index (χ1n) is 25.5. The summed E-state index contributed by atoms with van der Waals surface area (Å²) in [5.41, 5.74) is 0. The van der Waals surface area contributed by atoms with Gasteiger partial charge in [0.25, 0.3) is 0 Å². The molecule has 60 heavy (non-hydrogen) atoms. The lowest BCUT2D eigenvalue weighted by Gasteiger charge is -2.18. The van der Waals surface area contributed by atoms with Gasteiger partial charge in [0.05, 0.1) is 6.61 Å². The second-order valence-electron chi connectivity index (χ2n) is 16.7. The first-order chi connectivity index (χ1) is 29.6. The number of carbonyl (C=O) groups excluding carboxylic acids is 2. The Balaban J connectivity index is 4.23. The quantitative estimate of drug-likeness (QED) is 0.0347. The van der Waals surface area contributed by atoms with E-state index in [0.29, 0.717) is 19.4 Å². The van der Waals surface area contributed by atoms with Gasteiger partial charge in [0, 0.05) is 19.4 Å². The number of esters is 2. The van der Waals surface area contributed by atoms with Crippen LogP contribution in [0.2, 0.25) is 0 Å². The molecule has 5 nitrogen and oxygen atoms in total. The van der Waals surface area contributed by atoms with Crippen molar-refractivity contribution in [3.8, 4) is 0 Å². The van der Waals surface area contributed by atoms with Crippen LogP contribution in [0.4, 0.5) is 0 Å². The van der Waals surface area contributed by atoms with Crippen molar-refractivity contribution >= 4 is 11.9 Å². The fourth-order valence-corrected chi connectivity index (χ4v) is 6.95. The molecule has 1 unspecified atom stereocenters. The number of hydrogen-bond donors (Lipinski definition) is 0. The molecule has 0 heterocycles. The molecule has 0 bridgehead atoms. The van der Waals surface area contributed by atoms with Crippen LogP contribution < -0.4 is 0 Å². The third kappa shape index (κ3) is 48.0. The number of hydrogen-bond acceptors (Lipinski definition) is 5. The maximum atomic E-state index is 12.7. The number of allylic oxidation sites excluding steroid dienone is 12. The molecule has 0 saturated carbocycles. The number of unbranched alkanes of at least 4 members (excludes halogenated alkanes) is 23. The minimum absolute atomic E-state index is 0.0612. The zero-order valence-electron chi connectivity index (χ0n) is 39.7. The zero-order chi connectivity index (χ0) is 43.5.